The average Bonchev–Trinajstić information content (AvgIpc) is 2.29. The third kappa shape index (κ3) is 4.09. The maximum atomic E-state index is 8.92. The molecule has 0 saturated heterocycles. The molecule has 16 heavy (non-hydrogen) atoms. The number of benzene rings is 1. The van der Waals surface area contributed by atoms with Gasteiger partial charge in [-0.3, -0.25) is 0 Å². The highest BCUT2D eigenvalue weighted by molar-refractivity contribution is 9.10. The van der Waals surface area contributed by atoms with Crippen LogP contribution < -0.4 is 0 Å². The molecule has 1 nitrogen and oxygen atoms in total. The highest BCUT2D eigenvalue weighted by Crippen LogP contribution is 2.15. The van der Waals surface area contributed by atoms with E-state index in [0.717, 1.165) is 22.9 Å². The van der Waals surface area contributed by atoms with Crippen molar-refractivity contribution in [1.29, 1.82) is 5.26 Å². The van der Waals surface area contributed by atoms with E-state index in [1.807, 2.05) is 12.1 Å². The summed E-state index contributed by atoms with van der Waals surface area (Å²) in [5.41, 5.74) is 1.46. The zero-order valence-corrected chi connectivity index (χ0v) is 11.0. The molecular formula is C14H14BrN. The first-order valence-corrected chi connectivity index (χ1v) is 6.25. The fourth-order valence-electron chi connectivity index (χ4n) is 1.34. The maximum Gasteiger partial charge on any atom is 0.100 e. The summed E-state index contributed by atoms with van der Waals surface area (Å²) in [7, 11) is 0. The lowest BCUT2D eigenvalue weighted by atomic mass is 10.1. The van der Waals surface area contributed by atoms with E-state index in [4.69, 9.17) is 5.26 Å². The van der Waals surface area contributed by atoms with Gasteiger partial charge in [0, 0.05) is 16.5 Å². The van der Waals surface area contributed by atoms with Crippen LogP contribution in [0.15, 0.2) is 22.7 Å². The molecule has 1 aromatic rings. The number of nitriles is 1. The van der Waals surface area contributed by atoms with Gasteiger partial charge in [-0.2, -0.15) is 5.26 Å². The van der Waals surface area contributed by atoms with Gasteiger partial charge in [0.15, 0.2) is 0 Å². The molecule has 1 rings (SSSR count). The van der Waals surface area contributed by atoms with Crippen LogP contribution in [0.1, 0.15) is 43.7 Å². The van der Waals surface area contributed by atoms with Gasteiger partial charge in [0.2, 0.25) is 0 Å². The zero-order valence-electron chi connectivity index (χ0n) is 9.39. The lowest BCUT2D eigenvalue weighted by molar-refractivity contribution is 0.737. The van der Waals surface area contributed by atoms with Crippen LogP contribution in [-0.4, -0.2) is 0 Å². The van der Waals surface area contributed by atoms with Gasteiger partial charge in [-0.05, 0) is 24.6 Å². The molecule has 0 aliphatic carbocycles. The number of hydrogen-bond acceptors (Lipinski definition) is 1. The van der Waals surface area contributed by atoms with E-state index in [0.29, 0.717) is 5.56 Å². The maximum absolute atomic E-state index is 8.92. The van der Waals surface area contributed by atoms with Gasteiger partial charge in [0.1, 0.15) is 6.07 Å². The van der Waals surface area contributed by atoms with Gasteiger partial charge < -0.3 is 0 Å². The molecule has 0 saturated carbocycles. The van der Waals surface area contributed by atoms with Crippen LogP contribution in [0.4, 0.5) is 0 Å². The molecule has 2 heteroatoms. The Kier molecular flexibility index (Phi) is 5.68. The van der Waals surface area contributed by atoms with Gasteiger partial charge in [-0.15, -0.1) is 0 Å². The van der Waals surface area contributed by atoms with E-state index in [9.17, 15) is 0 Å². The summed E-state index contributed by atoms with van der Waals surface area (Å²) in [5, 5.41) is 8.92. The van der Waals surface area contributed by atoms with E-state index >= 15 is 0 Å². The highest BCUT2D eigenvalue weighted by atomic mass is 79.9. The van der Waals surface area contributed by atoms with Crippen molar-refractivity contribution in [2.75, 3.05) is 0 Å². The summed E-state index contributed by atoms with van der Waals surface area (Å²) in [6.45, 7) is 2.18. The first-order chi connectivity index (χ1) is 7.77. The minimum Gasteiger partial charge on any atom is -0.192 e. The van der Waals surface area contributed by atoms with Crippen LogP contribution >= 0.6 is 15.9 Å². The molecule has 1 aromatic carbocycles. The number of rotatable bonds is 3. The van der Waals surface area contributed by atoms with Gasteiger partial charge in [0.25, 0.3) is 0 Å². The number of halogens is 1. The van der Waals surface area contributed by atoms with E-state index in [1.54, 1.807) is 6.07 Å². The molecule has 0 radical (unpaired) electrons. The number of unbranched alkanes of at least 4 members (excludes halogenated alkanes) is 3. The number of hydrogen-bond donors (Lipinski definition) is 0. The molecule has 0 atom stereocenters. The van der Waals surface area contributed by atoms with E-state index in [-0.39, 0.29) is 0 Å². The van der Waals surface area contributed by atoms with Gasteiger partial charge in [-0.25, -0.2) is 0 Å². The van der Waals surface area contributed by atoms with Gasteiger partial charge in [0.05, 0.1) is 5.56 Å². The largest absolute Gasteiger partial charge is 0.192 e. The van der Waals surface area contributed by atoms with Crippen molar-refractivity contribution < 1.29 is 0 Å². The first kappa shape index (κ1) is 12.8. The summed E-state index contributed by atoms with van der Waals surface area (Å²) < 4.78 is 0.962. The second kappa shape index (κ2) is 7.09. The molecule has 0 aliphatic heterocycles. The standard InChI is InChI=1S/C14H14BrN/c1-2-3-4-5-6-7-12-10-14(15)9-8-13(12)11-16/h8-10H,2-5H2,1H3. The van der Waals surface area contributed by atoms with Crippen LogP contribution in [-0.2, 0) is 0 Å². The minimum atomic E-state index is 0.645. The molecule has 0 fully saturated rings. The normalized spacial score (nSPS) is 9.06. The Morgan fingerprint density at radius 3 is 2.75 bits per heavy atom. The molecule has 0 spiro atoms. The molecule has 0 unspecified atom stereocenters. The summed E-state index contributed by atoms with van der Waals surface area (Å²) in [5.74, 6) is 6.18. The Morgan fingerprint density at radius 2 is 2.06 bits per heavy atom. The molecule has 82 valence electrons. The van der Waals surface area contributed by atoms with Crippen molar-refractivity contribution in [1.82, 2.24) is 0 Å². The summed E-state index contributed by atoms with van der Waals surface area (Å²) >= 11 is 3.38. The fourth-order valence-corrected chi connectivity index (χ4v) is 1.70. The number of nitrogens with zero attached hydrogens (tertiary/aromatic N) is 1. The second-order valence-corrected chi connectivity index (χ2v) is 4.48. The topological polar surface area (TPSA) is 23.8 Å². The van der Waals surface area contributed by atoms with Crippen molar-refractivity contribution in [2.45, 2.75) is 32.6 Å². The van der Waals surface area contributed by atoms with Crippen LogP contribution in [0.5, 0.6) is 0 Å². The van der Waals surface area contributed by atoms with Crippen LogP contribution in [0.3, 0.4) is 0 Å². The average molecular weight is 276 g/mol. The van der Waals surface area contributed by atoms with Crippen molar-refractivity contribution in [2.24, 2.45) is 0 Å². The Bertz CT molecular complexity index is 446. The molecule has 0 heterocycles. The lowest BCUT2D eigenvalue weighted by Gasteiger charge is -1.96. The Hall–Kier alpha value is -1.25. The molecule has 0 bridgehead atoms. The van der Waals surface area contributed by atoms with Crippen molar-refractivity contribution in [3.05, 3.63) is 33.8 Å². The lowest BCUT2D eigenvalue weighted by Crippen LogP contribution is -1.83. The van der Waals surface area contributed by atoms with Crippen molar-refractivity contribution in [3.63, 3.8) is 0 Å². The summed E-state index contributed by atoms with van der Waals surface area (Å²) in [6, 6.07) is 7.70. The summed E-state index contributed by atoms with van der Waals surface area (Å²) in [4.78, 5) is 0. The Balaban J connectivity index is 2.72. The van der Waals surface area contributed by atoms with Gasteiger partial charge >= 0.3 is 0 Å². The SMILES string of the molecule is CCCCCC#Cc1cc(Br)ccc1C#N. The molecule has 0 N–H and O–H groups in total. The fraction of sp³-hybridized carbons (Fsp3) is 0.357. The first-order valence-electron chi connectivity index (χ1n) is 5.46. The second-order valence-electron chi connectivity index (χ2n) is 3.56. The van der Waals surface area contributed by atoms with Crippen LogP contribution in [0.2, 0.25) is 0 Å². The van der Waals surface area contributed by atoms with E-state index in [1.165, 1.54) is 12.8 Å². The molecule has 0 aromatic heterocycles. The van der Waals surface area contributed by atoms with E-state index in [2.05, 4.69) is 40.8 Å². The predicted octanol–water partition coefficient (Wildman–Crippen LogP) is 4.25. The third-order valence-corrected chi connectivity index (χ3v) is 2.72. The van der Waals surface area contributed by atoms with Crippen molar-refractivity contribution >= 4 is 15.9 Å². The monoisotopic (exact) mass is 275 g/mol. The van der Waals surface area contributed by atoms with Crippen LogP contribution in [0.25, 0.3) is 0 Å². The molecular weight excluding hydrogens is 262 g/mol. The predicted molar refractivity (Wildman–Crippen MR) is 69.9 cm³/mol. The van der Waals surface area contributed by atoms with Gasteiger partial charge in [-0.1, -0.05) is 47.5 Å². The minimum absolute atomic E-state index is 0.645. The summed E-state index contributed by atoms with van der Waals surface area (Å²) in [6.07, 6.45) is 4.48. The smallest absolute Gasteiger partial charge is 0.100 e. The Labute approximate surface area is 106 Å². The Morgan fingerprint density at radius 1 is 1.25 bits per heavy atom. The molecule has 0 amide bonds. The van der Waals surface area contributed by atoms with Crippen molar-refractivity contribution in [3.8, 4) is 17.9 Å². The zero-order chi connectivity index (χ0) is 11.8. The third-order valence-electron chi connectivity index (χ3n) is 2.23. The van der Waals surface area contributed by atoms with Crippen LogP contribution in [0, 0.1) is 23.2 Å². The highest BCUT2D eigenvalue weighted by Gasteiger charge is 1.98. The van der Waals surface area contributed by atoms with E-state index < -0.39 is 0 Å². The molecule has 0 aliphatic rings. The quantitative estimate of drug-likeness (QED) is 0.598.